The van der Waals surface area contributed by atoms with E-state index in [1.807, 2.05) is 25.1 Å². The Morgan fingerprint density at radius 3 is 2.56 bits per heavy atom. The zero-order valence-corrected chi connectivity index (χ0v) is 10.9. The van der Waals surface area contributed by atoms with Gasteiger partial charge in [0.2, 0.25) is 0 Å². The second-order valence-electron chi connectivity index (χ2n) is 3.76. The van der Waals surface area contributed by atoms with Crippen molar-refractivity contribution in [3.05, 3.63) is 28.5 Å². The molecule has 0 fully saturated rings. The van der Waals surface area contributed by atoms with Gasteiger partial charge in [0.1, 0.15) is 4.60 Å². The van der Waals surface area contributed by atoms with Crippen molar-refractivity contribution in [2.75, 3.05) is 13.2 Å². The highest BCUT2D eigenvalue weighted by molar-refractivity contribution is 9.10. The quantitative estimate of drug-likeness (QED) is 0.685. The number of aliphatic hydroxyl groups excluding tert-OH is 2. The highest BCUT2D eigenvalue weighted by atomic mass is 79.9. The SMILES string of the molecule is CCC(CO)(CO)NCc1cccc(Br)n1. The summed E-state index contributed by atoms with van der Waals surface area (Å²) < 4.78 is 0.780. The van der Waals surface area contributed by atoms with E-state index in [1.165, 1.54) is 0 Å². The first-order valence-electron chi connectivity index (χ1n) is 5.24. The van der Waals surface area contributed by atoms with Gasteiger partial charge in [0, 0.05) is 6.54 Å². The lowest BCUT2D eigenvalue weighted by Crippen LogP contribution is -2.50. The largest absolute Gasteiger partial charge is 0.394 e. The van der Waals surface area contributed by atoms with E-state index in [4.69, 9.17) is 0 Å². The molecule has 0 aliphatic heterocycles. The normalized spacial score (nSPS) is 11.8. The molecule has 5 heteroatoms. The van der Waals surface area contributed by atoms with Gasteiger partial charge < -0.3 is 15.5 Å². The predicted octanol–water partition coefficient (Wildman–Crippen LogP) is 1.07. The molecule has 1 rings (SSSR count). The number of halogens is 1. The van der Waals surface area contributed by atoms with Crippen molar-refractivity contribution >= 4 is 15.9 Å². The minimum Gasteiger partial charge on any atom is -0.394 e. The Morgan fingerprint density at radius 2 is 2.06 bits per heavy atom. The van der Waals surface area contributed by atoms with E-state index in [1.54, 1.807) is 0 Å². The topological polar surface area (TPSA) is 65.4 Å². The van der Waals surface area contributed by atoms with E-state index in [9.17, 15) is 10.2 Å². The number of pyridine rings is 1. The van der Waals surface area contributed by atoms with Gasteiger partial charge in [0.05, 0.1) is 24.4 Å². The lowest BCUT2D eigenvalue weighted by Gasteiger charge is -2.29. The Hall–Kier alpha value is -0.490. The fourth-order valence-corrected chi connectivity index (χ4v) is 1.72. The van der Waals surface area contributed by atoms with E-state index >= 15 is 0 Å². The van der Waals surface area contributed by atoms with E-state index in [0.717, 1.165) is 10.3 Å². The minimum atomic E-state index is -0.621. The van der Waals surface area contributed by atoms with Crippen LogP contribution in [0.3, 0.4) is 0 Å². The van der Waals surface area contributed by atoms with Crippen LogP contribution in [0.25, 0.3) is 0 Å². The highest BCUT2D eigenvalue weighted by Crippen LogP contribution is 2.11. The van der Waals surface area contributed by atoms with E-state index < -0.39 is 5.54 Å². The molecule has 4 nitrogen and oxygen atoms in total. The summed E-state index contributed by atoms with van der Waals surface area (Å²) in [4.78, 5) is 4.27. The fraction of sp³-hybridized carbons (Fsp3) is 0.545. The van der Waals surface area contributed by atoms with Gasteiger partial charge in [-0.05, 0) is 34.5 Å². The van der Waals surface area contributed by atoms with E-state index in [2.05, 4.69) is 26.2 Å². The molecular formula is C11H17BrN2O2. The summed E-state index contributed by atoms with van der Waals surface area (Å²) in [6.45, 7) is 2.27. The first-order valence-corrected chi connectivity index (χ1v) is 6.03. The van der Waals surface area contributed by atoms with Crippen LogP contribution in [0.15, 0.2) is 22.8 Å². The zero-order valence-electron chi connectivity index (χ0n) is 9.28. The standard InChI is InChI=1S/C11H17BrN2O2/c1-2-11(7-15,8-16)13-6-9-4-3-5-10(12)14-9/h3-5,13,15-16H,2,6-8H2,1H3. The second kappa shape index (κ2) is 6.30. The molecule has 0 aliphatic rings. The smallest absolute Gasteiger partial charge is 0.106 e. The number of nitrogens with one attached hydrogen (secondary N) is 1. The number of rotatable bonds is 6. The predicted molar refractivity (Wildman–Crippen MR) is 66.0 cm³/mol. The Morgan fingerprint density at radius 1 is 1.38 bits per heavy atom. The Bertz CT molecular complexity index is 321. The average molecular weight is 289 g/mol. The molecule has 90 valence electrons. The number of aliphatic hydroxyl groups is 2. The van der Waals surface area contributed by atoms with Crippen LogP contribution in [0.1, 0.15) is 19.0 Å². The molecule has 0 atom stereocenters. The van der Waals surface area contributed by atoms with E-state index in [-0.39, 0.29) is 13.2 Å². The summed E-state index contributed by atoms with van der Waals surface area (Å²) in [5, 5.41) is 21.7. The van der Waals surface area contributed by atoms with Crippen LogP contribution < -0.4 is 5.32 Å². The van der Waals surface area contributed by atoms with Gasteiger partial charge in [-0.3, -0.25) is 0 Å². The van der Waals surface area contributed by atoms with Crippen LogP contribution in [0.4, 0.5) is 0 Å². The molecule has 1 aromatic heterocycles. The third kappa shape index (κ3) is 3.52. The molecule has 0 bridgehead atoms. The molecule has 1 aromatic rings. The first-order chi connectivity index (χ1) is 7.65. The number of hydrogen-bond donors (Lipinski definition) is 3. The summed E-state index contributed by atoms with van der Waals surface area (Å²) in [5.41, 5.74) is 0.249. The maximum atomic E-state index is 9.26. The lowest BCUT2D eigenvalue weighted by atomic mass is 9.98. The maximum Gasteiger partial charge on any atom is 0.106 e. The maximum absolute atomic E-state index is 9.26. The molecule has 0 aromatic carbocycles. The molecule has 3 N–H and O–H groups in total. The number of aromatic nitrogens is 1. The van der Waals surface area contributed by atoms with Crippen LogP contribution in [0, 0.1) is 0 Å². The Balaban J connectivity index is 2.62. The molecule has 0 saturated heterocycles. The van der Waals surface area contributed by atoms with Crippen LogP contribution in [-0.4, -0.2) is 33.9 Å². The molecule has 0 amide bonds. The van der Waals surface area contributed by atoms with Gasteiger partial charge in [-0.25, -0.2) is 4.98 Å². The Labute approximate surface area is 104 Å². The molecule has 1 heterocycles. The summed E-state index contributed by atoms with van der Waals surface area (Å²) >= 11 is 3.30. The van der Waals surface area contributed by atoms with Crippen LogP contribution in [0.5, 0.6) is 0 Å². The van der Waals surface area contributed by atoms with Crippen molar-refractivity contribution in [3.63, 3.8) is 0 Å². The summed E-state index contributed by atoms with van der Waals surface area (Å²) in [6, 6.07) is 5.65. The Kier molecular flexibility index (Phi) is 5.34. The van der Waals surface area contributed by atoms with Gasteiger partial charge in [-0.15, -0.1) is 0 Å². The molecule has 0 spiro atoms. The lowest BCUT2D eigenvalue weighted by molar-refractivity contribution is 0.0861. The van der Waals surface area contributed by atoms with Crippen molar-refractivity contribution in [1.82, 2.24) is 10.3 Å². The third-order valence-electron chi connectivity index (χ3n) is 2.70. The summed E-state index contributed by atoms with van der Waals surface area (Å²) in [6.07, 6.45) is 0.661. The molecule has 0 radical (unpaired) electrons. The van der Waals surface area contributed by atoms with Crippen molar-refractivity contribution in [2.24, 2.45) is 0 Å². The molecule has 0 saturated carbocycles. The van der Waals surface area contributed by atoms with Crippen molar-refractivity contribution in [1.29, 1.82) is 0 Å². The van der Waals surface area contributed by atoms with E-state index in [0.29, 0.717) is 13.0 Å². The number of nitrogens with zero attached hydrogens (tertiary/aromatic N) is 1. The fourth-order valence-electron chi connectivity index (χ4n) is 1.34. The number of hydrogen-bond acceptors (Lipinski definition) is 4. The van der Waals surface area contributed by atoms with Crippen molar-refractivity contribution in [3.8, 4) is 0 Å². The van der Waals surface area contributed by atoms with Gasteiger partial charge >= 0.3 is 0 Å². The first kappa shape index (κ1) is 13.6. The molecular weight excluding hydrogens is 272 g/mol. The van der Waals surface area contributed by atoms with Gasteiger partial charge in [0.15, 0.2) is 0 Å². The van der Waals surface area contributed by atoms with Crippen LogP contribution >= 0.6 is 15.9 Å². The van der Waals surface area contributed by atoms with Crippen LogP contribution in [-0.2, 0) is 6.54 Å². The van der Waals surface area contributed by atoms with Gasteiger partial charge in [-0.1, -0.05) is 13.0 Å². The van der Waals surface area contributed by atoms with Crippen molar-refractivity contribution in [2.45, 2.75) is 25.4 Å². The van der Waals surface area contributed by atoms with Gasteiger partial charge in [0.25, 0.3) is 0 Å². The molecule has 0 aliphatic carbocycles. The summed E-state index contributed by atoms with van der Waals surface area (Å²) in [5.74, 6) is 0. The summed E-state index contributed by atoms with van der Waals surface area (Å²) in [7, 11) is 0. The zero-order chi connectivity index (χ0) is 12.0. The molecule has 16 heavy (non-hydrogen) atoms. The van der Waals surface area contributed by atoms with Crippen molar-refractivity contribution < 1.29 is 10.2 Å². The second-order valence-corrected chi connectivity index (χ2v) is 4.57. The monoisotopic (exact) mass is 288 g/mol. The minimum absolute atomic E-state index is 0.0893. The molecule has 0 unspecified atom stereocenters. The highest BCUT2D eigenvalue weighted by Gasteiger charge is 2.25. The van der Waals surface area contributed by atoms with Crippen LogP contribution in [0.2, 0.25) is 0 Å². The average Bonchev–Trinajstić information content (AvgIpc) is 2.32. The van der Waals surface area contributed by atoms with Gasteiger partial charge in [-0.2, -0.15) is 0 Å². The third-order valence-corrected chi connectivity index (χ3v) is 3.14.